The minimum atomic E-state index is -1.34. The van der Waals surface area contributed by atoms with Crippen molar-refractivity contribution in [1.82, 2.24) is 24.5 Å². The Labute approximate surface area is 251 Å². The van der Waals surface area contributed by atoms with Gasteiger partial charge in [0, 0.05) is 17.4 Å². The van der Waals surface area contributed by atoms with Gasteiger partial charge in [-0.25, -0.2) is 29.5 Å². The van der Waals surface area contributed by atoms with E-state index in [0.717, 1.165) is 0 Å². The van der Waals surface area contributed by atoms with Crippen molar-refractivity contribution in [2.75, 3.05) is 17.2 Å². The Bertz CT molecular complexity index is 1700. The summed E-state index contributed by atoms with van der Waals surface area (Å²) in [6.07, 6.45) is 3.82. The Kier molecular flexibility index (Phi) is 9.66. The quantitative estimate of drug-likeness (QED) is 0.162. The number of pyridine rings is 1. The second kappa shape index (κ2) is 14.2. The third kappa shape index (κ3) is 7.49. The van der Waals surface area contributed by atoms with Gasteiger partial charge in [-0.15, -0.1) is 0 Å². The maximum Gasteiger partial charge on any atom is 0.341 e. The number of benzene rings is 2. The van der Waals surface area contributed by atoms with Gasteiger partial charge in [0.2, 0.25) is 5.88 Å². The number of amides is 2. The Morgan fingerprint density at radius 3 is 2.39 bits per heavy atom. The molecule has 3 aromatic heterocycles. The number of imidazole rings is 1. The van der Waals surface area contributed by atoms with Gasteiger partial charge < -0.3 is 30.1 Å². The minimum Gasteiger partial charge on any atom is -0.477 e. The number of hydrogen-bond acceptors (Lipinski definition) is 10. The van der Waals surface area contributed by atoms with Crippen LogP contribution in [0.1, 0.15) is 41.3 Å². The molecule has 14 heteroatoms. The van der Waals surface area contributed by atoms with Crippen LogP contribution >= 0.6 is 0 Å². The minimum absolute atomic E-state index is 0.00400. The molecule has 0 bridgehead atoms. The van der Waals surface area contributed by atoms with Crippen molar-refractivity contribution in [1.29, 1.82) is 0 Å². The SMILES string of the molecule is O=C(Nc1ccccc1)Nc1ncnc2c1ncn2C1CCC(COc2ncccc2C(=O)O)O1.OC(O)c1ccccc1. The van der Waals surface area contributed by atoms with E-state index >= 15 is 0 Å². The first-order chi connectivity index (χ1) is 21.4. The molecule has 0 saturated carbocycles. The highest BCUT2D eigenvalue weighted by Crippen LogP contribution is 2.32. The molecule has 1 aliphatic rings. The third-order valence-corrected chi connectivity index (χ3v) is 6.52. The van der Waals surface area contributed by atoms with Crippen LogP contribution in [0.2, 0.25) is 0 Å². The highest BCUT2D eigenvalue weighted by molar-refractivity contribution is 6.02. The van der Waals surface area contributed by atoms with Gasteiger partial charge in [-0.2, -0.15) is 0 Å². The van der Waals surface area contributed by atoms with Crippen LogP contribution in [0.3, 0.4) is 0 Å². The average Bonchev–Trinajstić information content (AvgIpc) is 3.69. The number of hydrogen-bond donors (Lipinski definition) is 5. The predicted molar refractivity (Wildman–Crippen MR) is 158 cm³/mol. The molecule has 0 spiro atoms. The smallest absolute Gasteiger partial charge is 0.341 e. The largest absolute Gasteiger partial charge is 0.477 e. The molecule has 1 fully saturated rings. The first kappa shape index (κ1) is 30.0. The zero-order valence-electron chi connectivity index (χ0n) is 23.2. The molecule has 5 aromatic rings. The van der Waals surface area contributed by atoms with Crippen molar-refractivity contribution in [3.05, 3.63) is 103 Å². The molecule has 2 aromatic carbocycles. The predicted octanol–water partition coefficient (Wildman–Crippen LogP) is 3.99. The molecule has 14 nitrogen and oxygen atoms in total. The van der Waals surface area contributed by atoms with Crippen LogP contribution < -0.4 is 15.4 Å². The Balaban J connectivity index is 0.000000367. The van der Waals surface area contributed by atoms with Crippen LogP contribution in [-0.4, -0.2) is 64.5 Å². The molecule has 1 saturated heterocycles. The van der Waals surface area contributed by atoms with Crippen molar-refractivity contribution in [3.8, 4) is 5.88 Å². The lowest BCUT2D eigenvalue weighted by Crippen LogP contribution is -2.20. The van der Waals surface area contributed by atoms with Crippen LogP contribution in [0.25, 0.3) is 11.2 Å². The summed E-state index contributed by atoms with van der Waals surface area (Å²) < 4.78 is 13.5. The molecule has 0 aliphatic carbocycles. The van der Waals surface area contributed by atoms with Crippen LogP contribution in [0.5, 0.6) is 5.88 Å². The molecule has 2 atom stereocenters. The number of carbonyl (C=O) groups excluding carboxylic acids is 1. The van der Waals surface area contributed by atoms with Crippen molar-refractivity contribution < 1.29 is 34.4 Å². The summed E-state index contributed by atoms with van der Waals surface area (Å²) >= 11 is 0. The monoisotopic (exact) mass is 599 g/mol. The molecular weight excluding hydrogens is 570 g/mol. The van der Waals surface area contributed by atoms with Crippen molar-refractivity contribution in [2.24, 2.45) is 0 Å². The number of aromatic nitrogens is 5. The Morgan fingerprint density at radius 2 is 1.68 bits per heavy atom. The van der Waals surface area contributed by atoms with E-state index in [1.807, 2.05) is 24.3 Å². The van der Waals surface area contributed by atoms with Gasteiger partial charge in [0.1, 0.15) is 24.7 Å². The number of anilines is 2. The number of para-hydroxylation sites is 1. The van der Waals surface area contributed by atoms with E-state index in [4.69, 9.17) is 19.7 Å². The molecule has 1 aliphatic heterocycles. The zero-order valence-corrected chi connectivity index (χ0v) is 23.2. The molecule has 0 radical (unpaired) electrons. The van der Waals surface area contributed by atoms with Crippen LogP contribution in [-0.2, 0) is 4.74 Å². The van der Waals surface area contributed by atoms with Crippen molar-refractivity contribution in [2.45, 2.75) is 31.5 Å². The van der Waals surface area contributed by atoms with Crippen molar-refractivity contribution >= 4 is 34.7 Å². The van der Waals surface area contributed by atoms with Crippen molar-refractivity contribution in [3.63, 3.8) is 0 Å². The zero-order chi connectivity index (χ0) is 30.9. The van der Waals surface area contributed by atoms with Gasteiger partial charge in [-0.05, 0) is 37.1 Å². The van der Waals surface area contributed by atoms with E-state index in [1.54, 1.807) is 53.4 Å². The van der Waals surface area contributed by atoms with Gasteiger partial charge >= 0.3 is 12.0 Å². The van der Waals surface area contributed by atoms with Crippen LogP contribution in [0.4, 0.5) is 16.3 Å². The molecule has 2 amide bonds. The van der Waals surface area contributed by atoms with Crippen LogP contribution in [0.15, 0.2) is 91.6 Å². The summed E-state index contributed by atoms with van der Waals surface area (Å²) in [5.41, 5.74) is 2.11. The van der Waals surface area contributed by atoms with Gasteiger partial charge in [0.25, 0.3) is 0 Å². The lowest BCUT2D eigenvalue weighted by Gasteiger charge is -2.16. The number of rotatable bonds is 8. The number of nitrogens with one attached hydrogen (secondary N) is 2. The molecule has 4 heterocycles. The average molecular weight is 600 g/mol. The summed E-state index contributed by atoms with van der Waals surface area (Å²) in [5.74, 6) is -0.779. The Morgan fingerprint density at radius 1 is 0.932 bits per heavy atom. The fourth-order valence-electron chi connectivity index (χ4n) is 4.43. The number of nitrogens with zero attached hydrogens (tertiary/aromatic N) is 5. The second-order valence-electron chi connectivity index (χ2n) is 9.54. The summed E-state index contributed by atoms with van der Waals surface area (Å²) in [7, 11) is 0. The number of aliphatic hydroxyl groups excluding tert-OH is 1. The first-order valence-electron chi connectivity index (χ1n) is 13.6. The molecule has 44 heavy (non-hydrogen) atoms. The molecule has 5 N–H and O–H groups in total. The summed E-state index contributed by atoms with van der Waals surface area (Å²) in [6, 6.07) is 20.2. The molecule has 226 valence electrons. The number of urea groups is 1. The maximum atomic E-state index is 12.4. The second-order valence-corrected chi connectivity index (χ2v) is 9.54. The van der Waals surface area contributed by atoms with E-state index in [9.17, 15) is 14.7 Å². The fraction of sp³-hybridized carbons (Fsp3) is 0.200. The van der Waals surface area contributed by atoms with E-state index in [2.05, 4.69) is 30.6 Å². The number of carbonyl (C=O) groups is 2. The highest BCUT2D eigenvalue weighted by atomic mass is 16.6. The molecular formula is C30H29N7O7. The highest BCUT2D eigenvalue weighted by Gasteiger charge is 2.29. The number of carboxylic acid groups (broad SMARTS) is 1. The summed E-state index contributed by atoms with van der Waals surface area (Å²) in [4.78, 5) is 40.6. The summed E-state index contributed by atoms with van der Waals surface area (Å²) in [5, 5.41) is 31.9. The van der Waals surface area contributed by atoms with Gasteiger partial charge in [-0.1, -0.05) is 48.5 Å². The van der Waals surface area contributed by atoms with Crippen LogP contribution in [0, 0.1) is 0 Å². The van der Waals surface area contributed by atoms with Gasteiger partial charge in [-0.3, -0.25) is 9.88 Å². The third-order valence-electron chi connectivity index (χ3n) is 6.52. The number of fused-ring (bicyclic) bond motifs is 1. The van der Waals surface area contributed by atoms with E-state index in [0.29, 0.717) is 35.3 Å². The van der Waals surface area contributed by atoms with E-state index in [1.165, 1.54) is 18.6 Å². The van der Waals surface area contributed by atoms with Gasteiger partial charge in [0.05, 0.1) is 12.4 Å². The molecule has 6 rings (SSSR count). The van der Waals surface area contributed by atoms with Gasteiger partial charge in [0.15, 0.2) is 23.3 Å². The first-order valence-corrected chi connectivity index (χ1v) is 13.6. The summed E-state index contributed by atoms with van der Waals surface area (Å²) in [6.45, 7) is 0.155. The topological polar surface area (TPSA) is 194 Å². The Hall–Kier alpha value is -5.44. The number of aliphatic hydroxyl groups is 2. The lowest BCUT2D eigenvalue weighted by molar-refractivity contribution is -0.0424. The number of carboxylic acids is 1. The maximum absolute atomic E-state index is 12.4. The van der Waals surface area contributed by atoms with E-state index < -0.39 is 18.3 Å². The van der Waals surface area contributed by atoms with E-state index in [-0.39, 0.29) is 36.2 Å². The number of ether oxygens (including phenoxy) is 2. The lowest BCUT2D eigenvalue weighted by atomic mass is 10.2. The number of aromatic carboxylic acids is 1. The standard InChI is InChI=1S/C23H21N7O5.C7H8O2/c31-22(32)16-7-4-10-24-21(16)34-11-15-8-9-17(35-15)30-13-27-18-19(25-12-26-20(18)30)29-23(33)28-14-5-2-1-3-6-14;8-7(9)6-4-2-1-3-5-6/h1-7,10,12-13,15,17H,8-9,11H2,(H,31,32)(H2,25,26,28,29,33);1-5,7-9H. The fourth-order valence-corrected chi connectivity index (χ4v) is 4.43. The molecule has 2 unspecified atom stereocenters. The normalized spacial score (nSPS) is 15.8.